The third-order valence-corrected chi connectivity index (χ3v) is 3.23. The molecule has 20 heavy (non-hydrogen) atoms. The maximum atomic E-state index is 12.1. The molecule has 1 aliphatic rings. The van der Waals surface area contributed by atoms with Crippen LogP contribution < -0.4 is 11.1 Å². The van der Waals surface area contributed by atoms with E-state index in [4.69, 9.17) is 10.8 Å². The predicted molar refractivity (Wildman–Crippen MR) is 71.3 cm³/mol. The lowest BCUT2D eigenvalue weighted by molar-refractivity contribution is -0.141. The predicted octanol–water partition coefficient (Wildman–Crippen LogP) is 0.866. The summed E-state index contributed by atoms with van der Waals surface area (Å²) < 4.78 is 0. The van der Waals surface area contributed by atoms with Gasteiger partial charge in [-0.15, -0.1) is 0 Å². The summed E-state index contributed by atoms with van der Waals surface area (Å²) in [6.07, 6.45) is 1.07. The summed E-state index contributed by atoms with van der Waals surface area (Å²) in [4.78, 5) is 35.7. The van der Waals surface area contributed by atoms with Crippen LogP contribution >= 0.6 is 0 Å². The van der Waals surface area contributed by atoms with Gasteiger partial charge in [0.15, 0.2) is 0 Å². The van der Waals surface area contributed by atoms with E-state index in [0.717, 1.165) is 0 Å². The van der Waals surface area contributed by atoms with E-state index >= 15 is 0 Å². The van der Waals surface area contributed by atoms with Crippen molar-refractivity contribution in [2.75, 3.05) is 11.9 Å². The van der Waals surface area contributed by atoms with Gasteiger partial charge in [0.2, 0.25) is 0 Å². The van der Waals surface area contributed by atoms with Gasteiger partial charge in [0.1, 0.15) is 6.04 Å². The minimum Gasteiger partial charge on any atom is -0.480 e. The van der Waals surface area contributed by atoms with Crippen LogP contribution in [0.15, 0.2) is 24.3 Å². The second-order valence-corrected chi connectivity index (χ2v) is 4.53. The first-order valence-electron chi connectivity index (χ1n) is 6.20. The highest BCUT2D eigenvalue weighted by atomic mass is 16.4. The van der Waals surface area contributed by atoms with Crippen LogP contribution in [0, 0.1) is 0 Å². The van der Waals surface area contributed by atoms with Crippen LogP contribution in [0.25, 0.3) is 0 Å². The van der Waals surface area contributed by atoms with E-state index in [1.807, 2.05) is 0 Å². The fourth-order valence-electron chi connectivity index (χ4n) is 2.26. The zero-order valence-corrected chi connectivity index (χ0v) is 10.7. The van der Waals surface area contributed by atoms with Gasteiger partial charge in [0, 0.05) is 6.54 Å². The van der Waals surface area contributed by atoms with Gasteiger partial charge in [0.25, 0.3) is 5.91 Å². The number of likely N-dealkylation sites (tertiary alicyclic amines) is 1. The third-order valence-electron chi connectivity index (χ3n) is 3.23. The van der Waals surface area contributed by atoms with Crippen LogP contribution in [0.4, 0.5) is 10.5 Å². The Morgan fingerprint density at radius 2 is 2.00 bits per heavy atom. The number of urea groups is 1. The first-order chi connectivity index (χ1) is 9.50. The standard InChI is InChI=1S/C13H15N3O4/c14-11(17)8-4-1-2-5-9(8)15-13(20)16-7-3-6-10(16)12(18)19/h1-2,4-5,10H,3,6-7H2,(H2,14,17)(H,15,20)(H,18,19)/t10-/m0/s1. The van der Waals surface area contributed by atoms with Crippen LogP contribution in [-0.2, 0) is 4.79 Å². The van der Waals surface area contributed by atoms with Crippen molar-refractivity contribution in [2.24, 2.45) is 5.73 Å². The Morgan fingerprint density at radius 3 is 2.65 bits per heavy atom. The Kier molecular flexibility index (Phi) is 3.88. The van der Waals surface area contributed by atoms with Crippen molar-refractivity contribution in [3.05, 3.63) is 29.8 Å². The summed E-state index contributed by atoms with van der Waals surface area (Å²) >= 11 is 0. The number of carboxylic acids is 1. The molecular formula is C13H15N3O4. The Hall–Kier alpha value is -2.57. The number of para-hydroxylation sites is 1. The molecule has 1 aromatic carbocycles. The molecule has 0 aromatic heterocycles. The number of amides is 3. The van der Waals surface area contributed by atoms with Gasteiger partial charge < -0.3 is 21.1 Å². The van der Waals surface area contributed by atoms with Gasteiger partial charge >= 0.3 is 12.0 Å². The molecule has 0 unspecified atom stereocenters. The molecule has 7 heteroatoms. The van der Waals surface area contributed by atoms with Gasteiger partial charge in [-0.3, -0.25) is 4.79 Å². The number of rotatable bonds is 3. The summed E-state index contributed by atoms with van der Waals surface area (Å²) in [5, 5.41) is 11.6. The first kappa shape index (κ1) is 13.9. The molecule has 7 nitrogen and oxygen atoms in total. The normalized spacial score (nSPS) is 17.8. The summed E-state index contributed by atoms with van der Waals surface area (Å²) in [5.74, 6) is -1.68. The second kappa shape index (κ2) is 5.60. The van der Waals surface area contributed by atoms with E-state index in [1.54, 1.807) is 18.2 Å². The van der Waals surface area contributed by atoms with E-state index in [1.165, 1.54) is 11.0 Å². The monoisotopic (exact) mass is 277 g/mol. The molecule has 0 aliphatic carbocycles. The lowest BCUT2D eigenvalue weighted by atomic mass is 10.1. The van der Waals surface area contributed by atoms with E-state index in [0.29, 0.717) is 19.4 Å². The number of nitrogens with two attached hydrogens (primary N) is 1. The number of carboxylic acid groups (broad SMARTS) is 1. The molecular weight excluding hydrogens is 262 g/mol. The number of primary amides is 1. The molecule has 3 amide bonds. The molecule has 1 fully saturated rings. The maximum Gasteiger partial charge on any atom is 0.326 e. The molecule has 0 bridgehead atoms. The molecule has 1 aliphatic heterocycles. The molecule has 1 saturated heterocycles. The molecule has 0 spiro atoms. The van der Waals surface area contributed by atoms with E-state index in [2.05, 4.69) is 5.32 Å². The van der Waals surface area contributed by atoms with Crippen molar-refractivity contribution < 1.29 is 19.5 Å². The van der Waals surface area contributed by atoms with Crippen molar-refractivity contribution in [2.45, 2.75) is 18.9 Å². The Balaban J connectivity index is 2.16. The second-order valence-electron chi connectivity index (χ2n) is 4.53. The van der Waals surface area contributed by atoms with Crippen LogP contribution in [0.3, 0.4) is 0 Å². The number of anilines is 1. The Labute approximate surface area is 115 Å². The highest BCUT2D eigenvalue weighted by molar-refractivity contribution is 6.03. The summed E-state index contributed by atoms with van der Waals surface area (Å²) in [5.41, 5.74) is 5.69. The average Bonchev–Trinajstić information content (AvgIpc) is 2.88. The third kappa shape index (κ3) is 2.71. The number of nitrogens with zero attached hydrogens (tertiary/aromatic N) is 1. The molecule has 2 rings (SSSR count). The van der Waals surface area contributed by atoms with E-state index in [9.17, 15) is 14.4 Å². The fraction of sp³-hybridized carbons (Fsp3) is 0.308. The number of carbonyl (C=O) groups excluding carboxylic acids is 2. The van der Waals surface area contributed by atoms with Crippen LogP contribution in [0.2, 0.25) is 0 Å². The minimum atomic E-state index is -1.03. The summed E-state index contributed by atoms with van der Waals surface area (Å²) in [6, 6.07) is 4.96. The fourth-order valence-corrected chi connectivity index (χ4v) is 2.26. The number of hydrogen-bond acceptors (Lipinski definition) is 3. The zero-order valence-electron chi connectivity index (χ0n) is 10.7. The van der Waals surface area contributed by atoms with Gasteiger partial charge in [-0.05, 0) is 25.0 Å². The quantitative estimate of drug-likeness (QED) is 0.760. The van der Waals surface area contributed by atoms with Crippen LogP contribution in [-0.4, -0.2) is 40.5 Å². The summed E-state index contributed by atoms with van der Waals surface area (Å²) in [6.45, 7) is 0.377. The highest BCUT2D eigenvalue weighted by Crippen LogP contribution is 2.20. The topological polar surface area (TPSA) is 113 Å². The molecule has 0 saturated carbocycles. The number of aliphatic carboxylic acids is 1. The van der Waals surface area contributed by atoms with Crippen LogP contribution in [0.1, 0.15) is 23.2 Å². The number of carbonyl (C=O) groups is 3. The lowest BCUT2D eigenvalue weighted by Gasteiger charge is -2.22. The lowest BCUT2D eigenvalue weighted by Crippen LogP contribution is -2.43. The minimum absolute atomic E-state index is 0.187. The first-order valence-corrected chi connectivity index (χ1v) is 6.20. The average molecular weight is 277 g/mol. The highest BCUT2D eigenvalue weighted by Gasteiger charge is 2.34. The molecule has 106 valence electrons. The summed E-state index contributed by atoms with van der Waals surface area (Å²) in [7, 11) is 0. The zero-order chi connectivity index (χ0) is 14.7. The van der Waals surface area contributed by atoms with Crippen LogP contribution in [0.5, 0.6) is 0 Å². The largest absolute Gasteiger partial charge is 0.480 e. The molecule has 1 aromatic rings. The molecule has 4 N–H and O–H groups in total. The van der Waals surface area contributed by atoms with Gasteiger partial charge in [-0.1, -0.05) is 12.1 Å². The number of hydrogen-bond donors (Lipinski definition) is 3. The van der Waals surface area contributed by atoms with E-state index < -0.39 is 23.9 Å². The molecule has 1 heterocycles. The molecule has 1 atom stereocenters. The van der Waals surface area contributed by atoms with Crippen molar-refractivity contribution in [1.29, 1.82) is 0 Å². The maximum absolute atomic E-state index is 12.1. The number of benzene rings is 1. The van der Waals surface area contributed by atoms with E-state index in [-0.39, 0.29) is 11.3 Å². The van der Waals surface area contributed by atoms with Gasteiger partial charge in [0.05, 0.1) is 11.3 Å². The van der Waals surface area contributed by atoms with Crippen molar-refractivity contribution in [1.82, 2.24) is 4.90 Å². The van der Waals surface area contributed by atoms with Gasteiger partial charge in [-0.25, -0.2) is 9.59 Å². The smallest absolute Gasteiger partial charge is 0.326 e. The molecule has 0 radical (unpaired) electrons. The van der Waals surface area contributed by atoms with Crippen molar-refractivity contribution >= 4 is 23.6 Å². The van der Waals surface area contributed by atoms with Crippen molar-refractivity contribution in [3.8, 4) is 0 Å². The Bertz CT molecular complexity index is 558. The van der Waals surface area contributed by atoms with Crippen molar-refractivity contribution in [3.63, 3.8) is 0 Å². The number of nitrogens with one attached hydrogen (secondary N) is 1. The SMILES string of the molecule is NC(=O)c1ccccc1NC(=O)N1CCC[C@H]1C(=O)O. The van der Waals surface area contributed by atoms with Gasteiger partial charge in [-0.2, -0.15) is 0 Å². The Morgan fingerprint density at radius 1 is 1.30 bits per heavy atom.